The highest BCUT2D eigenvalue weighted by molar-refractivity contribution is 9.11. The number of alkyl halides is 1. The summed E-state index contributed by atoms with van der Waals surface area (Å²) >= 11 is 10.1. The van der Waals surface area contributed by atoms with E-state index in [-0.39, 0.29) is 11.4 Å². The van der Waals surface area contributed by atoms with Gasteiger partial charge in [-0.3, -0.25) is 10.1 Å². The first-order valence-electron chi connectivity index (χ1n) is 5.89. The van der Waals surface area contributed by atoms with Crippen LogP contribution in [0, 0.1) is 17.0 Å². The van der Waals surface area contributed by atoms with E-state index < -0.39 is 4.92 Å². The molecule has 7 heteroatoms. The Bertz CT molecular complexity index is 704. The Kier molecular flexibility index (Phi) is 5.40. The molecule has 0 spiro atoms. The molecular weight excluding hydrogens is 470 g/mol. The van der Waals surface area contributed by atoms with E-state index >= 15 is 0 Å². The van der Waals surface area contributed by atoms with Gasteiger partial charge in [-0.1, -0.05) is 37.9 Å². The number of hydrogen-bond acceptors (Lipinski definition) is 3. The molecule has 0 atom stereocenters. The average Bonchev–Trinajstić information content (AvgIpc) is 2.42. The maximum absolute atomic E-state index is 11.2. The lowest BCUT2D eigenvalue weighted by Gasteiger charge is -2.11. The molecule has 0 aromatic heterocycles. The summed E-state index contributed by atoms with van der Waals surface area (Å²) in [5.74, 6) is 0.781. The molecule has 110 valence electrons. The second-order valence-electron chi connectivity index (χ2n) is 4.33. The van der Waals surface area contributed by atoms with Crippen LogP contribution in [0.25, 0.3) is 0 Å². The van der Waals surface area contributed by atoms with E-state index in [9.17, 15) is 10.1 Å². The van der Waals surface area contributed by atoms with Gasteiger partial charge in [0, 0.05) is 15.9 Å². The molecule has 0 N–H and O–H groups in total. The molecule has 2 rings (SSSR count). The normalized spacial score (nSPS) is 10.5. The third-order valence-electron chi connectivity index (χ3n) is 2.78. The Hall–Kier alpha value is -0.920. The van der Waals surface area contributed by atoms with Crippen molar-refractivity contribution >= 4 is 53.5 Å². The van der Waals surface area contributed by atoms with Crippen molar-refractivity contribution in [2.75, 3.05) is 0 Å². The van der Waals surface area contributed by atoms with Crippen LogP contribution >= 0.6 is 47.8 Å². The minimum atomic E-state index is -0.451. The van der Waals surface area contributed by atoms with E-state index in [1.54, 1.807) is 19.1 Å². The smallest absolute Gasteiger partial charge is 0.312 e. The lowest BCUT2D eigenvalue weighted by atomic mass is 10.2. The largest absolute Gasteiger partial charge is 0.449 e. The summed E-state index contributed by atoms with van der Waals surface area (Å²) < 4.78 is 7.15. The Morgan fingerprint density at radius 3 is 2.52 bits per heavy atom. The number of benzene rings is 2. The molecule has 4 nitrogen and oxygen atoms in total. The van der Waals surface area contributed by atoms with Crippen molar-refractivity contribution in [2.45, 2.75) is 12.3 Å². The van der Waals surface area contributed by atoms with Crippen molar-refractivity contribution in [3.05, 3.63) is 60.5 Å². The third-order valence-corrected chi connectivity index (χ3v) is 4.50. The van der Waals surface area contributed by atoms with Crippen LogP contribution in [0.5, 0.6) is 11.5 Å². The Morgan fingerprint density at radius 1 is 1.24 bits per heavy atom. The molecule has 0 aliphatic heterocycles. The summed E-state index contributed by atoms with van der Waals surface area (Å²) in [7, 11) is 0. The summed E-state index contributed by atoms with van der Waals surface area (Å²) in [5, 5.41) is 11.9. The number of nitrogens with zero attached hydrogens (tertiary/aromatic N) is 1. The van der Waals surface area contributed by atoms with Crippen molar-refractivity contribution < 1.29 is 9.66 Å². The van der Waals surface area contributed by atoms with Crippen LogP contribution in [0.2, 0.25) is 0 Å². The summed E-state index contributed by atoms with van der Waals surface area (Å²) in [4.78, 5) is 10.7. The second-order valence-corrected chi connectivity index (χ2v) is 6.66. The highest BCUT2D eigenvalue weighted by Crippen LogP contribution is 2.39. The maximum atomic E-state index is 11.2. The Morgan fingerprint density at radius 2 is 1.95 bits per heavy atom. The van der Waals surface area contributed by atoms with E-state index in [1.807, 2.05) is 12.1 Å². The van der Waals surface area contributed by atoms with Gasteiger partial charge in [-0.05, 0) is 52.2 Å². The first-order chi connectivity index (χ1) is 9.92. The first-order valence-corrected chi connectivity index (χ1v) is 8.60. The zero-order valence-electron chi connectivity index (χ0n) is 10.9. The van der Waals surface area contributed by atoms with Gasteiger partial charge in [-0.15, -0.1) is 0 Å². The van der Waals surface area contributed by atoms with Gasteiger partial charge in [-0.2, -0.15) is 0 Å². The fraction of sp³-hybridized carbons (Fsp3) is 0.143. The second kappa shape index (κ2) is 6.89. The molecule has 0 amide bonds. The standard InChI is InChI=1S/C14H10Br3NO3/c1-8-4-10(16)6-12(18(19)20)14(8)21-13-3-2-9(7-15)5-11(13)17/h2-6H,7H2,1H3. The number of ether oxygens (including phenoxy) is 1. The minimum Gasteiger partial charge on any atom is -0.449 e. The molecule has 21 heavy (non-hydrogen) atoms. The lowest BCUT2D eigenvalue weighted by molar-refractivity contribution is -0.385. The van der Waals surface area contributed by atoms with Crippen molar-refractivity contribution in [2.24, 2.45) is 0 Å². The SMILES string of the molecule is Cc1cc(Br)cc([N+](=O)[O-])c1Oc1ccc(CBr)cc1Br. The van der Waals surface area contributed by atoms with E-state index in [2.05, 4.69) is 47.8 Å². The van der Waals surface area contributed by atoms with E-state index in [1.165, 1.54) is 6.07 Å². The highest BCUT2D eigenvalue weighted by atomic mass is 79.9. The fourth-order valence-electron chi connectivity index (χ4n) is 1.80. The highest BCUT2D eigenvalue weighted by Gasteiger charge is 2.20. The van der Waals surface area contributed by atoms with Crippen LogP contribution in [-0.4, -0.2) is 4.92 Å². The Balaban J connectivity index is 2.46. The summed E-state index contributed by atoms with van der Waals surface area (Å²) in [6, 6.07) is 8.80. The van der Waals surface area contributed by atoms with Gasteiger partial charge in [0.2, 0.25) is 5.75 Å². The maximum Gasteiger partial charge on any atom is 0.312 e. The van der Waals surface area contributed by atoms with Gasteiger partial charge >= 0.3 is 5.69 Å². The third kappa shape index (κ3) is 3.84. The molecule has 0 bridgehead atoms. The molecule has 0 aliphatic rings. The zero-order valence-corrected chi connectivity index (χ0v) is 15.7. The fourth-order valence-corrected chi connectivity index (χ4v) is 3.22. The van der Waals surface area contributed by atoms with Gasteiger partial charge in [0.25, 0.3) is 0 Å². The zero-order chi connectivity index (χ0) is 15.6. The van der Waals surface area contributed by atoms with Crippen molar-refractivity contribution in [3.63, 3.8) is 0 Å². The van der Waals surface area contributed by atoms with Crippen LogP contribution in [0.15, 0.2) is 39.3 Å². The Labute approximate surface area is 147 Å². The van der Waals surface area contributed by atoms with Gasteiger partial charge in [0.15, 0.2) is 0 Å². The molecule has 0 saturated carbocycles. The minimum absolute atomic E-state index is 0.0710. The average molecular weight is 480 g/mol. The topological polar surface area (TPSA) is 52.4 Å². The summed E-state index contributed by atoms with van der Waals surface area (Å²) in [5.41, 5.74) is 1.70. The first kappa shape index (κ1) is 16.5. The number of aryl methyl sites for hydroxylation is 1. The van der Waals surface area contributed by atoms with Crippen LogP contribution in [-0.2, 0) is 5.33 Å². The van der Waals surface area contributed by atoms with Crippen LogP contribution < -0.4 is 4.74 Å². The molecule has 2 aromatic rings. The lowest BCUT2D eigenvalue weighted by Crippen LogP contribution is -1.97. The number of nitro groups is 1. The quantitative estimate of drug-likeness (QED) is 0.302. The van der Waals surface area contributed by atoms with Gasteiger partial charge in [0.05, 0.1) is 9.40 Å². The molecule has 0 saturated heterocycles. The van der Waals surface area contributed by atoms with E-state index in [0.29, 0.717) is 15.8 Å². The number of hydrogen-bond donors (Lipinski definition) is 0. The van der Waals surface area contributed by atoms with Crippen LogP contribution in [0.1, 0.15) is 11.1 Å². The molecule has 0 heterocycles. The predicted molar refractivity (Wildman–Crippen MR) is 92.4 cm³/mol. The van der Waals surface area contributed by atoms with Crippen molar-refractivity contribution in [3.8, 4) is 11.5 Å². The van der Waals surface area contributed by atoms with Crippen LogP contribution in [0.4, 0.5) is 5.69 Å². The number of halogens is 3. The molecule has 2 aromatic carbocycles. The van der Waals surface area contributed by atoms with Gasteiger partial charge < -0.3 is 4.74 Å². The van der Waals surface area contributed by atoms with Crippen molar-refractivity contribution in [1.82, 2.24) is 0 Å². The predicted octanol–water partition coefficient (Wildman–Crippen LogP) is 6.12. The van der Waals surface area contributed by atoms with Crippen molar-refractivity contribution in [1.29, 1.82) is 0 Å². The molecule has 0 fully saturated rings. The molecule has 0 aliphatic carbocycles. The number of rotatable bonds is 4. The van der Waals surface area contributed by atoms with Gasteiger partial charge in [-0.25, -0.2) is 0 Å². The summed E-state index contributed by atoms with van der Waals surface area (Å²) in [6.07, 6.45) is 0. The summed E-state index contributed by atoms with van der Waals surface area (Å²) in [6.45, 7) is 1.77. The molecule has 0 unspecified atom stereocenters. The van der Waals surface area contributed by atoms with Gasteiger partial charge in [0.1, 0.15) is 5.75 Å². The monoisotopic (exact) mass is 477 g/mol. The number of nitro benzene ring substituents is 1. The van der Waals surface area contributed by atoms with E-state index in [4.69, 9.17) is 4.74 Å². The molecule has 0 radical (unpaired) electrons. The molecular formula is C14H10Br3NO3. The van der Waals surface area contributed by atoms with Crippen LogP contribution in [0.3, 0.4) is 0 Å². The van der Waals surface area contributed by atoms with E-state index in [0.717, 1.165) is 15.4 Å².